The Morgan fingerprint density at radius 2 is 1.93 bits per heavy atom. The average molecular weight is 384 g/mol. The SMILES string of the molecule is COC(=O)c1ccc(CCNC(=O)c2cnn(-c3cccc(Cl)c3)c2)cc1. The first-order valence-electron chi connectivity index (χ1n) is 8.33. The lowest BCUT2D eigenvalue weighted by atomic mass is 10.1. The van der Waals surface area contributed by atoms with Crippen LogP contribution in [0.3, 0.4) is 0 Å². The molecule has 1 N–H and O–H groups in total. The van der Waals surface area contributed by atoms with Crippen molar-refractivity contribution in [3.8, 4) is 5.69 Å². The van der Waals surface area contributed by atoms with Gasteiger partial charge >= 0.3 is 5.97 Å². The lowest BCUT2D eigenvalue weighted by molar-refractivity contribution is 0.0600. The maximum absolute atomic E-state index is 12.3. The van der Waals surface area contributed by atoms with Crippen molar-refractivity contribution in [3.63, 3.8) is 0 Å². The number of halogens is 1. The first-order valence-corrected chi connectivity index (χ1v) is 8.70. The van der Waals surface area contributed by atoms with Gasteiger partial charge in [0.25, 0.3) is 5.91 Å². The molecule has 0 aliphatic carbocycles. The van der Waals surface area contributed by atoms with Gasteiger partial charge in [0.05, 0.1) is 30.1 Å². The number of amides is 1. The van der Waals surface area contributed by atoms with E-state index in [4.69, 9.17) is 11.6 Å². The van der Waals surface area contributed by atoms with E-state index in [9.17, 15) is 9.59 Å². The molecule has 27 heavy (non-hydrogen) atoms. The van der Waals surface area contributed by atoms with Crippen LogP contribution in [0.2, 0.25) is 5.02 Å². The zero-order valence-electron chi connectivity index (χ0n) is 14.7. The smallest absolute Gasteiger partial charge is 0.337 e. The van der Waals surface area contributed by atoms with E-state index < -0.39 is 0 Å². The molecule has 0 atom stereocenters. The first kappa shape index (κ1) is 18.7. The number of nitrogens with zero attached hydrogens (tertiary/aromatic N) is 2. The van der Waals surface area contributed by atoms with Gasteiger partial charge in [-0.1, -0.05) is 29.8 Å². The molecule has 0 unspecified atom stereocenters. The predicted molar refractivity (Wildman–Crippen MR) is 102 cm³/mol. The number of carbonyl (C=O) groups excluding carboxylic acids is 2. The fourth-order valence-electron chi connectivity index (χ4n) is 2.55. The fourth-order valence-corrected chi connectivity index (χ4v) is 2.73. The molecular formula is C20H18ClN3O3. The summed E-state index contributed by atoms with van der Waals surface area (Å²) in [4.78, 5) is 23.7. The number of esters is 1. The van der Waals surface area contributed by atoms with Crippen LogP contribution in [0.4, 0.5) is 0 Å². The molecule has 138 valence electrons. The van der Waals surface area contributed by atoms with Crippen molar-refractivity contribution in [2.75, 3.05) is 13.7 Å². The summed E-state index contributed by atoms with van der Waals surface area (Å²) < 4.78 is 6.27. The number of rotatable bonds is 6. The Hall–Kier alpha value is -3.12. The number of hydrogen-bond acceptors (Lipinski definition) is 4. The average Bonchev–Trinajstić information content (AvgIpc) is 3.18. The van der Waals surface area contributed by atoms with Gasteiger partial charge in [0.1, 0.15) is 0 Å². The van der Waals surface area contributed by atoms with Gasteiger partial charge in [-0.15, -0.1) is 0 Å². The highest BCUT2D eigenvalue weighted by Crippen LogP contribution is 2.14. The maximum atomic E-state index is 12.3. The third-order valence-corrected chi connectivity index (χ3v) is 4.23. The molecule has 0 aliphatic heterocycles. The topological polar surface area (TPSA) is 73.2 Å². The van der Waals surface area contributed by atoms with E-state index in [0.29, 0.717) is 29.1 Å². The van der Waals surface area contributed by atoms with Crippen LogP contribution in [-0.2, 0) is 11.2 Å². The van der Waals surface area contributed by atoms with Gasteiger partial charge in [0.2, 0.25) is 0 Å². The van der Waals surface area contributed by atoms with Crippen molar-refractivity contribution < 1.29 is 14.3 Å². The largest absolute Gasteiger partial charge is 0.465 e. The van der Waals surface area contributed by atoms with E-state index in [0.717, 1.165) is 11.3 Å². The van der Waals surface area contributed by atoms with Gasteiger partial charge in [-0.2, -0.15) is 5.10 Å². The fraction of sp³-hybridized carbons (Fsp3) is 0.150. The third kappa shape index (κ3) is 4.74. The Kier molecular flexibility index (Phi) is 5.88. The van der Waals surface area contributed by atoms with Crippen LogP contribution in [0.1, 0.15) is 26.3 Å². The van der Waals surface area contributed by atoms with Crippen LogP contribution < -0.4 is 5.32 Å². The molecule has 0 saturated carbocycles. The minimum Gasteiger partial charge on any atom is -0.465 e. The number of aromatic nitrogens is 2. The molecule has 0 saturated heterocycles. The summed E-state index contributed by atoms with van der Waals surface area (Å²) in [6.07, 6.45) is 3.82. The monoisotopic (exact) mass is 383 g/mol. The highest BCUT2D eigenvalue weighted by atomic mass is 35.5. The molecule has 0 bridgehead atoms. The zero-order valence-corrected chi connectivity index (χ0v) is 15.4. The summed E-state index contributed by atoms with van der Waals surface area (Å²) in [5, 5.41) is 7.67. The van der Waals surface area contributed by atoms with Crippen molar-refractivity contribution in [3.05, 3.63) is 82.6 Å². The molecule has 0 radical (unpaired) electrons. The second-order valence-corrected chi connectivity index (χ2v) is 6.28. The molecule has 1 aromatic heterocycles. The lowest BCUT2D eigenvalue weighted by Crippen LogP contribution is -2.25. The Morgan fingerprint density at radius 1 is 1.15 bits per heavy atom. The number of carbonyl (C=O) groups is 2. The van der Waals surface area contributed by atoms with Crippen molar-refractivity contribution in [1.82, 2.24) is 15.1 Å². The predicted octanol–water partition coefficient (Wildman–Crippen LogP) is 3.28. The van der Waals surface area contributed by atoms with Crippen LogP contribution in [0.5, 0.6) is 0 Å². The molecule has 1 amide bonds. The van der Waals surface area contributed by atoms with E-state index in [-0.39, 0.29) is 11.9 Å². The molecule has 7 heteroatoms. The highest BCUT2D eigenvalue weighted by molar-refractivity contribution is 6.30. The Bertz CT molecular complexity index is 951. The highest BCUT2D eigenvalue weighted by Gasteiger charge is 2.10. The second-order valence-electron chi connectivity index (χ2n) is 5.85. The van der Waals surface area contributed by atoms with Crippen LogP contribution in [0, 0.1) is 0 Å². The summed E-state index contributed by atoms with van der Waals surface area (Å²) in [7, 11) is 1.35. The quantitative estimate of drug-likeness (QED) is 0.663. The Balaban J connectivity index is 1.55. The van der Waals surface area contributed by atoms with Crippen molar-refractivity contribution in [2.24, 2.45) is 0 Å². The summed E-state index contributed by atoms with van der Waals surface area (Å²) >= 11 is 5.98. The molecule has 0 aliphatic rings. The van der Waals surface area contributed by atoms with E-state index >= 15 is 0 Å². The van der Waals surface area contributed by atoms with Gasteiger partial charge in [-0.25, -0.2) is 9.48 Å². The minimum atomic E-state index is -0.369. The first-order chi connectivity index (χ1) is 13.1. The summed E-state index contributed by atoms with van der Waals surface area (Å²) in [5.41, 5.74) is 2.76. The Morgan fingerprint density at radius 3 is 2.63 bits per heavy atom. The van der Waals surface area contributed by atoms with Gasteiger partial charge < -0.3 is 10.1 Å². The van der Waals surface area contributed by atoms with E-state index in [2.05, 4.69) is 15.2 Å². The van der Waals surface area contributed by atoms with Crippen molar-refractivity contribution in [1.29, 1.82) is 0 Å². The van der Waals surface area contributed by atoms with E-state index in [1.165, 1.54) is 13.3 Å². The van der Waals surface area contributed by atoms with Crippen LogP contribution >= 0.6 is 11.6 Å². The Labute approximate surface area is 161 Å². The van der Waals surface area contributed by atoms with Crippen molar-refractivity contribution >= 4 is 23.5 Å². The molecule has 0 fully saturated rings. The van der Waals surface area contributed by atoms with E-state index in [1.54, 1.807) is 35.1 Å². The summed E-state index contributed by atoms with van der Waals surface area (Å²) in [6.45, 7) is 0.471. The second kappa shape index (κ2) is 8.51. The van der Waals surface area contributed by atoms with E-state index in [1.807, 2.05) is 24.3 Å². The summed E-state index contributed by atoms with van der Waals surface area (Å²) in [5.74, 6) is -0.568. The summed E-state index contributed by atoms with van der Waals surface area (Å²) in [6, 6.07) is 14.3. The molecule has 3 rings (SSSR count). The minimum absolute atomic E-state index is 0.200. The number of hydrogen-bond donors (Lipinski definition) is 1. The number of ether oxygens (including phenoxy) is 1. The number of nitrogens with one attached hydrogen (secondary N) is 1. The van der Waals surface area contributed by atoms with Crippen molar-refractivity contribution in [2.45, 2.75) is 6.42 Å². The van der Waals surface area contributed by atoms with Gasteiger partial charge in [-0.3, -0.25) is 4.79 Å². The third-order valence-electron chi connectivity index (χ3n) is 3.99. The van der Waals surface area contributed by atoms with Gasteiger partial charge in [0.15, 0.2) is 0 Å². The molecule has 6 nitrogen and oxygen atoms in total. The molecule has 2 aromatic carbocycles. The zero-order chi connectivity index (χ0) is 19.2. The normalized spacial score (nSPS) is 10.4. The van der Waals surface area contributed by atoms with Crippen LogP contribution in [0.15, 0.2) is 60.9 Å². The van der Waals surface area contributed by atoms with Crippen LogP contribution in [0.25, 0.3) is 5.69 Å². The molecule has 0 spiro atoms. The molecular weight excluding hydrogens is 366 g/mol. The maximum Gasteiger partial charge on any atom is 0.337 e. The van der Waals surface area contributed by atoms with Gasteiger partial charge in [0, 0.05) is 17.8 Å². The lowest BCUT2D eigenvalue weighted by Gasteiger charge is -2.05. The van der Waals surface area contributed by atoms with Gasteiger partial charge in [-0.05, 0) is 42.3 Å². The molecule has 1 heterocycles. The molecule has 3 aromatic rings. The number of methoxy groups -OCH3 is 1. The number of benzene rings is 2. The van der Waals surface area contributed by atoms with Crippen LogP contribution in [-0.4, -0.2) is 35.3 Å². The standard InChI is InChI=1S/C20H18ClN3O3/c1-27-20(26)15-7-5-14(6-8-15)9-10-22-19(25)16-12-23-24(13-16)18-4-2-3-17(21)11-18/h2-8,11-13H,9-10H2,1H3,(H,22,25).